The summed E-state index contributed by atoms with van der Waals surface area (Å²) in [7, 11) is 0. The highest BCUT2D eigenvalue weighted by Gasteiger charge is 2.17. The van der Waals surface area contributed by atoms with Gasteiger partial charge >= 0.3 is 0 Å². The molecule has 1 aromatic carbocycles. The molecular formula is C14H14F2N2O. The van der Waals surface area contributed by atoms with Crippen LogP contribution in [-0.4, -0.2) is 15.6 Å². The Kier molecular flexibility index (Phi) is 3.46. The second kappa shape index (κ2) is 4.91. The Bertz CT molecular complexity index is 627. The van der Waals surface area contributed by atoms with E-state index in [1.54, 1.807) is 13.8 Å². The minimum Gasteiger partial charge on any atom is -0.294 e. The van der Waals surface area contributed by atoms with Crippen molar-refractivity contribution in [2.24, 2.45) is 0 Å². The minimum absolute atomic E-state index is 0.0293. The summed E-state index contributed by atoms with van der Waals surface area (Å²) >= 11 is 0. The quantitative estimate of drug-likeness (QED) is 0.799. The molecule has 0 bridgehead atoms. The van der Waals surface area contributed by atoms with Gasteiger partial charge in [-0.1, -0.05) is 6.07 Å². The van der Waals surface area contributed by atoms with Crippen LogP contribution in [0.2, 0.25) is 0 Å². The van der Waals surface area contributed by atoms with Gasteiger partial charge in [0.05, 0.1) is 17.8 Å². The van der Waals surface area contributed by atoms with Gasteiger partial charge in [0.25, 0.3) is 0 Å². The van der Waals surface area contributed by atoms with Gasteiger partial charge in [0.1, 0.15) is 11.6 Å². The zero-order valence-electron chi connectivity index (χ0n) is 11.0. The number of halogens is 2. The maximum Gasteiger partial charge on any atom is 0.163 e. The molecule has 0 atom stereocenters. The van der Waals surface area contributed by atoms with Gasteiger partial charge in [-0.15, -0.1) is 0 Å². The van der Waals surface area contributed by atoms with Crippen LogP contribution >= 0.6 is 0 Å². The Balaban J connectivity index is 2.45. The lowest BCUT2D eigenvalue weighted by molar-refractivity contribution is 0.101. The summed E-state index contributed by atoms with van der Waals surface area (Å²) in [6, 6.07) is 3.72. The molecule has 0 fully saturated rings. The van der Waals surface area contributed by atoms with Gasteiger partial charge in [-0.25, -0.2) is 8.78 Å². The molecule has 2 rings (SSSR count). The maximum atomic E-state index is 13.6. The molecule has 2 aromatic rings. The van der Waals surface area contributed by atoms with Crippen LogP contribution in [0, 0.1) is 25.5 Å². The number of carbonyl (C=O) groups is 1. The number of aromatic nitrogens is 2. The van der Waals surface area contributed by atoms with Crippen LogP contribution in [0.4, 0.5) is 8.78 Å². The lowest BCUT2D eigenvalue weighted by atomic mass is 10.1. The number of Topliss-reactive ketones (excluding diaryl/α,β-unsaturated/α-hetero) is 1. The molecule has 0 amide bonds. The Labute approximate surface area is 109 Å². The van der Waals surface area contributed by atoms with E-state index in [9.17, 15) is 13.6 Å². The summed E-state index contributed by atoms with van der Waals surface area (Å²) < 4.78 is 28.6. The molecule has 0 aliphatic rings. The summed E-state index contributed by atoms with van der Waals surface area (Å²) in [6.45, 7) is 4.84. The number of benzene rings is 1. The van der Waals surface area contributed by atoms with Crippen molar-refractivity contribution in [1.29, 1.82) is 0 Å². The van der Waals surface area contributed by atoms with Crippen LogP contribution in [0.5, 0.6) is 0 Å². The van der Waals surface area contributed by atoms with E-state index < -0.39 is 11.6 Å². The van der Waals surface area contributed by atoms with Gasteiger partial charge in [0.2, 0.25) is 0 Å². The molecule has 0 aliphatic carbocycles. The fourth-order valence-electron chi connectivity index (χ4n) is 2.19. The molecule has 0 aliphatic heterocycles. The monoisotopic (exact) mass is 264 g/mol. The van der Waals surface area contributed by atoms with E-state index >= 15 is 0 Å². The molecule has 1 aromatic heterocycles. The maximum absolute atomic E-state index is 13.6. The third kappa shape index (κ3) is 2.41. The van der Waals surface area contributed by atoms with Gasteiger partial charge in [-0.2, -0.15) is 5.10 Å². The van der Waals surface area contributed by atoms with Gasteiger partial charge < -0.3 is 0 Å². The van der Waals surface area contributed by atoms with Crippen molar-refractivity contribution < 1.29 is 13.6 Å². The Morgan fingerprint density at radius 3 is 2.32 bits per heavy atom. The Morgan fingerprint density at radius 2 is 1.84 bits per heavy atom. The number of ketones is 1. The largest absolute Gasteiger partial charge is 0.294 e. The average molecular weight is 264 g/mol. The third-order valence-corrected chi connectivity index (χ3v) is 3.10. The van der Waals surface area contributed by atoms with E-state index in [2.05, 4.69) is 5.10 Å². The van der Waals surface area contributed by atoms with Crippen molar-refractivity contribution >= 4 is 5.78 Å². The molecule has 1 heterocycles. The van der Waals surface area contributed by atoms with Crippen LogP contribution in [0.1, 0.15) is 34.2 Å². The van der Waals surface area contributed by atoms with Crippen LogP contribution < -0.4 is 0 Å². The van der Waals surface area contributed by atoms with Crippen molar-refractivity contribution in [2.45, 2.75) is 27.3 Å². The summed E-state index contributed by atoms with van der Waals surface area (Å²) in [5.41, 5.74) is 1.65. The van der Waals surface area contributed by atoms with Crippen LogP contribution in [0.25, 0.3) is 0 Å². The number of aryl methyl sites for hydroxylation is 1. The Morgan fingerprint density at radius 1 is 1.26 bits per heavy atom. The van der Waals surface area contributed by atoms with Gasteiger partial charge in [-0.3, -0.25) is 9.48 Å². The first kappa shape index (κ1) is 13.4. The first-order valence-corrected chi connectivity index (χ1v) is 5.89. The van der Waals surface area contributed by atoms with Crippen molar-refractivity contribution in [3.63, 3.8) is 0 Å². The number of hydrogen-bond donors (Lipinski definition) is 0. The van der Waals surface area contributed by atoms with Crippen LogP contribution in [0.15, 0.2) is 18.2 Å². The third-order valence-electron chi connectivity index (χ3n) is 3.10. The van der Waals surface area contributed by atoms with E-state index in [1.807, 2.05) is 0 Å². The first-order chi connectivity index (χ1) is 8.91. The van der Waals surface area contributed by atoms with Gasteiger partial charge in [0.15, 0.2) is 5.78 Å². The van der Waals surface area contributed by atoms with Crippen LogP contribution in [0.3, 0.4) is 0 Å². The highest BCUT2D eigenvalue weighted by atomic mass is 19.1. The van der Waals surface area contributed by atoms with Gasteiger partial charge in [-0.05, 0) is 32.9 Å². The summed E-state index contributed by atoms with van der Waals surface area (Å²) in [5.74, 6) is -1.33. The molecule has 0 saturated heterocycles. The fraction of sp³-hybridized carbons (Fsp3) is 0.286. The van der Waals surface area contributed by atoms with E-state index in [4.69, 9.17) is 0 Å². The van der Waals surface area contributed by atoms with E-state index in [-0.39, 0.29) is 17.9 Å². The molecule has 0 N–H and O–H groups in total. The van der Waals surface area contributed by atoms with E-state index in [0.717, 1.165) is 0 Å². The highest BCUT2D eigenvalue weighted by Crippen LogP contribution is 2.18. The van der Waals surface area contributed by atoms with Crippen molar-refractivity contribution in [3.8, 4) is 0 Å². The number of nitrogens with zero attached hydrogens (tertiary/aromatic N) is 2. The Hall–Kier alpha value is -2.04. The molecule has 19 heavy (non-hydrogen) atoms. The molecular weight excluding hydrogens is 250 g/mol. The molecule has 5 heteroatoms. The number of carbonyl (C=O) groups excluding carboxylic acids is 1. The van der Waals surface area contributed by atoms with E-state index in [1.165, 1.54) is 29.8 Å². The second-order valence-electron chi connectivity index (χ2n) is 4.46. The second-order valence-corrected chi connectivity index (χ2v) is 4.46. The van der Waals surface area contributed by atoms with Crippen molar-refractivity contribution in [1.82, 2.24) is 9.78 Å². The zero-order chi connectivity index (χ0) is 14.2. The van der Waals surface area contributed by atoms with Gasteiger partial charge in [0, 0.05) is 11.3 Å². The normalized spacial score (nSPS) is 10.8. The van der Waals surface area contributed by atoms with E-state index in [0.29, 0.717) is 17.0 Å². The van der Waals surface area contributed by atoms with Crippen LogP contribution in [-0.2, 0) is 6.54 Å². The lowest BCUT2D eigenvalue weighted by Gasteiger charge is -2.07. The molecule has 3 nitrogen and oxygen atoms in total. The SMILES string of the molecule is CC(=O)c1c(C)nn(Cc2c(F)cccc2F)c1C. The predicted octanol–water partition coefficient (Wildman–Crippen LogP) is 3.03. The topological polar surface area (TPSA) is 34.9 Å². The average Bonchev–Trinajstić information content (AvgIpc) is 2.59. The molecule has 100 valence electrons. The lowest BCUT2D eigenvalue weighted by Crippen LogP contribution is -2.08. The standard InChI is InChI=1S/C14H14F2N2O/c1-8-14(10(3)19)9(2)18(17-8)7-11-12(15)5-4-6-13(11)16/h4-6H,7H2,1-3H3. The summed E-state index contributed by atoms with van der Waals surface area (Å²) in [6.07, 6.45) is 0. The van der Waals surface area contributed by atoms with Crippen molar-refractivity contribution in [2.75, 3.05) is 0 Å². The zero-order valence-corrected chi connectivity index (χ0v) is 11.0. The molecule has 0 spiro atoms. The molecule has 0 radical (unpaired) electrons. The highest BCUT2D eigenvalue weighted by molar-refractivity contribution is 5.96. The summed E-state index contributed by atoms with van der Waals surface area (Å²) in [4.78, 5) is 11.5. The minimum atomic E-state index is -0.614. The molecule has 0 saturated carbocycles. The van der Waals surface area contributed by atoms with Crippen molar-refractivity contribution in [3.05, 3.63) is 52.3 Å². The first-order valence-electron chi connectivity index (χ1n) is 5.89. The molecule has 0 unspecified atom stereocenters. The summed E-state index contributed by atoms with van der Waals surface area (Å²) in [5, 5.41) is 4.17. The number of rotatable bonds is 3. The smallest absolute Gasteiger partial charge is 0.163 e. The fourth-order valence-corrected chi connectivity index (χ4v) is 2.19. The predicted molar refractivity (Wildman–Crippen MR) is 67.2 cm³/mol. The number of hydrogen-bond acceptors (Lipinski definition) is 2.